The van der Waals surface area contributed by atoms with Crippen molar-refractivity contribution in [3.05, 3.63) is 48.4 Å². The highest BCUT2D eigenvalue weighted by Crippen LogP contribution is 2.24. The van der Waals surface area contributed by atoms with E-state index in [0.717, 1.165) is 28.8 Å². The Labute approximate surface area is 148 Å². The van der Waals surface area contributed by atoms with Crippen molar-refractivity contribution in [2.24, 2.45) is 0 Å². The number of benzene rings is 1. The lowest BCUT2D eigenvalue weighted by Gasteiger charge is -1.99. The van der Waals surface area contributed by atoms with Gasteiger partial charge in [-0.25, -0.2) is 15.0 Å². The average molecular weight is 352 g/mol. The standard InChI is InChI=1S/C17H16N6OS/c1-3-23-10-19-13-8-12(4-5-14(13)23)16-21-15(24-22-16)9-25-17-18-7-6-11(2)20-17/h4-8,10H,3,9H2,1-2H3. The van der Waals surface area contributed by atoms with Gasteiger partial charge in [-0.15, -0.1) is 0 Å². The summed E-state index contributed by atoms with van der Waals surface area (Å²) in [5.74, 6) is 1.64. The number of fused-ring (bicyclic) bond motifs is 1. The van der Waals surface area contributed by atoms with E-state index in [1.54, 1.807) is 6.20 Å². The Bertz CT molecular complexity index is 1020. The highest BCUT2D eigenvalue weighted by Gasteiger charge is 2.12. The summed E-state index contributed by atoms with van der Waals surface area (Å²) in [6.45, 7) is 4.92. The van der Waals surface area contributed by atoms with Crippen LogP contribution in [0.1, 0.15) is 18.5 Å². The van der Waals surface area contributed by atoms with Crippen molar-refractivity contribution >= 4 is 22.8 Å². The lowest BCUT2D eigenvalue weighted by atomic mass is 10.2. The SMILES string of the molecule is CCn1cnc2cc(-c3noc(CSc4nccc(C)n4)n3)ccc21. The second-order valence-electron chi connectivity index (χ2n) is 5.52. The van der Waals surface area contributed by atoms with Gasteiger partial charge in [0, 0.05) is 24.0 Å². The minimum Gasteiger partial charge on any atom is -0.338 e. The first-order valence-corrected chi connectivity index (χ1v) is 8.92. The highest BCUT2D eigenvalue weighted by molar-refractivity contribution is 7.98. The lowest BCUT2D eigenvalue weighted by Crippen LogP contribution is -1.90. The third kappa shape index (κ3) is 3.25. The summed E-state index contributed by atoms with van der Waals surface area (Å²) in [7, 11) is 0. The number of aryl methyl sites for hydroxylation is 2. The van der Waals surface area contributed by atoms with Gasteiger partial charge in [0.1, 0.15) is 0 Å². The Morgan fingerprint density at radius 2 is 2.08 bits per heavy atom. The predicted molar refractivity (Wildman–Crippen MR) is 95.0 cm³/mol. The molecule has 25 heavy (non-hydrogen) atoms. The molecular formula is C17H16N6OS. The van der Waals surface area contributed by atoms with Crippen molar-refractivity contribution in [1.29, 1.82) is 0 Å². The molecule has 0 unspecified atom stereocenters. The van der Waals surface area contributed by atoms with Crippen molar-refractivity contribution in [3.8, 4) is 11.4 Å². The largest absolute Gasteiger partial charge is 0.338 e. The molecule has 0 aliphatic heterocycles. The molecule has 0 aliphatic rings. The van der Waals surface area contributed by atoms with Crippen LogP contribution in [0.15, 0.2) is 46.5 Å². The van der Waals surface area contributed by atoms with E-state index in [-0.39, 0.29) is 0 Å². The number of hydrogen-bond acceptors (Lipinski definition) is 7. The van der Waals surface area contributed by atoms with Crippen LogP contribution in [0.3, 0.4) is 0 Å². The highest BCUT2D eigenvalue weighted by atomic mass is 32.2. The number of thioether (sulfide) groups is 1. The molecule has 3 heterocycles. The van der Waals surface area contributed by atoms with Gasteiger partial charge in [-0.05, 0) is 38.1 Å². The summed E-state index contributed by atoms with van der Waals surface area (Å²) >= 11 is 1.47. The normalized spacial score (nSPS) is 11.3. The second-order valence-corrected chi connectivity index (χ2v) is 6.46. The fourth-order valence-corrected chi connectivity index (χ4v) is 3.22. The molecule has 0 saturated heterocycles. The summed E-state index contributed by atoms with van der Waals surface area (Å²) in [5, 5.41) is 4.78. The molecule has 0 spiro atoms. The molecule has 0 fully saturated rings. The van der Waals surface area contributed by atoms with Crippen LogP contribution < -0.4 is 0 Å². The molecule has 0 N–H and O–H groups in total. The molecule has 1 aromatic carbocycles. The monoisotopic (exact) mass is 352 g/mol. The molecule has 0 amide bonds. The van der Waals surface area contributed by atoms with E-state index in [1.165, 1.54) is 11.8 Å². The van der Waals surface area contributed by atoms with Gasteiger partial charge in [0.25, 0.3) is 0 Å². The van der Waals surface area contributed by atoms with Crippen LogP contribution in [-0.4, -0.2) is 29.7 Å². The molecule has 0 saturated carbocycles. The maximum Gasteiger partial charge on any atom is 0.237 e. The maximum absolute atomic E-state index is 5.35. The van der Waals surface area contributed by atoms with E-state index in [4.69, 9.17) is 4.52 Å². The molecule has 0 aliphatic carbocycles. The van der Waals surface area contributed by atoms with Gasteiger partial charge in [0.2, 0.25) is 11.7 Å². The van der Waals surface area contributed by atoms with E-state index in [1.807, 2.05) is 37.5 Å². The minimum absolute atomic E-state index is 0.531. The van der Waals surface area contributed by atoms with Crippen molar-refractivity contribution in [2.45, 2.75) is 31.3 Å². The van der Waals surface area contributed by atoms with E-state index in [2.05, 4.69) is 36.6 Å². The van der Waals surface area contributed by atoms with Gasteiger partial charge in [-0.3, -0.25) is 0 Å². The van der Waals surface area contributed by atoms with Crippen LogP contribution in [-0.2, 0) is 12.3 Å². The Kier molecular flexibility index (Phi) is 4.19. The molecule has 3 aromatic heterocycles. The Morgan fingerprint density at radius 1 is 1.16 bits per heavy atom. The molecule has 0 radical (unpaired) electrons. The Hall–Kier alpha value is -2.74. The third-order valence-electron chi connectivity index (χ3n) is 3.79. The predicted octanol–water partition coefficient (Wildman–Crippen LogP) is 3.50. The quantitative estimate of drug-likeness (QED) is 0.401. The van der Waals surface area contributed by atoms with Crippen LogP contribution in [0.2, 0.25) is 0 Å². The van der Waals surface area contributed by atoms with E-state index in [0.29, 0.717) is 22.6 Å². The van der Waals surface area contributed by atoms with Crippen molar-refractivity contribution < 1.29 is 4.52 Å². The molecule has 8 heteroatoms. The van der Waals surface area contributed by atoms with Crippen molar-refractivity contribution in [3.63, 3.8) is 0 Å². The number of nitrogens with zero attached hydrogens (tertiary/aromatic N) is 6. The van der Waals surface area contributed by atoms with Gasteiger partial charge < -0.3 is 9.09 Å². The smallest absolute Gasteiger partial charge is 0.237 e. The molecule has 7 nitrogen and oxygen atoms in total. The Morgan fingerprint density at radius 3 is 2.92 bits per heavy atom. The Balaban J connectivity index is 1.52. The zero-order valence-electron chi connectivity index (χ0n) is 13.9. The summed E-state index contributed by atoms with van der Waals surface area (Å²) in [4.78, 5) is 17.5. The number of imidazole rings is 1. The van der Waals surface area contributed by atoms with E-state index in [9.17, 15) is 0 Å². The van der Waals surface area contributed by atoms with Crippen LogP contribution >= 0.6 is 11.8 Å². The summed E-state index contributed by atoms with van der Waals surface area (Å²) in [5.41, 5.74) is 3.85. The number of hydrogen-bond donors (Lipinski definition) is 0. The third-order valence-corrected chi connectivity index (χ3v) is 4.63. The van der Waals surface area contributed by atoms with Crippen LogP contribution in [0.4, 0.5) is 0 Å². The molecule has 0 atom stereocenters. The van der Waals surface area contributed by atoms with Crippen LogP contribution in [0, 0.1) is 6.92 Å². The van der Waals surface area contributed by atoms with Crippen molar-refractivity contribution in [2.75, 3.05) is 0 Å². The van der Waals surface area contributed by atoms with Crippen LogP contribution in [0.5, 0.6) is 0 Å². The fourth-order valence-electron chi connectivity index (χ4n) is 2.51. The summed E-state index contributed by atoms with van der Waals surface area (Å²) < 4.78 is 7.44. The zero-order valence-corrected chi connectivity index (χ0v) is 14.7. The number of rotatable bonds is 5. The molecule has 0 bridgehead atoms. The van der Waals surface area contributed by atoms with E-state index >= 15 is 0 Å². The minimum atomic E-state index is 0.531. The summed E-state index contributed by atoms with van der Waals surface area (Å²) in [6, 6.07) is 7.87. The van der Waals surface area contributed by atoms with Crippen molar-refractivity contribution in [1.82, 2.24) is 29.7 Å². The fraction of sp³-hybridized carbons (Fsp3) is 0.235. The van der Waals surface area contributed by atoms with Gasteiger partial charge in [0.05, 0.1) is 23.1 Å². The molecule has 126 valence electrons. The lowest BCUT2D eigenvalue weighted by molar-refractivity contribution is 0.391. The average Bonchev–Trinajstić information content (AvgIpc) is 3.26. The first kappa shape index (κ1) is 15.8. The van der Waals surface area contributed by atoms with Gasteiger partial charge >= 0.3 is 0 Å². The number of aromatic nitrogens is 6. The first-order valence-electron chi connectivity index (χ1n) is 7.93. The van der Waals surface area contributed by atoms with Gasteiger partial charge in [0.15, 0.2) is 5.16 Å². The van der Waals surface area contributed by atoms with Gasteiger partial charge in [-0.2, -0.15) is 4.98 Å². The first-order chi connectivity index (χ1) is 12.2. The topological polar surface area (TPSA) is 82.5 Å². The molecule has 4 aromatic rings. The maximum atomic E-state index is 5.35. The summed E-state index contributed by atoms with van der Waals surface area (Å²) in [6.07, 6.45) is 3.59. The molecule has 4 rings (SSSR count). The zero-order chi connectivity index (χ0) is 17.2. The second kappa shape index (κ2) is 6.64. The van der Waals surface area contributed by atoms with E-state index < -0.39 is 0 Å². The van der Waals surface area contributed by atoms with Gasteiger partial charge in [-0.1, -0.05) is 16.9 Å². The van der Waals surface area contributed by atoms with Crippen LogP contribution in [0.25, 0.3) is 22.4 Å². The molecular weight excluding hydrogens is 336 g/mol.